The van der Waals surface area contributed by atoms with Crippen LogP contribution in [0.5, 0.6) is 5.75 Å². The molecule has 0 aliphatic heterocycles. The van der Waals surface area contributed by atoms with Gasteiger partial charge in [-0.3, -0.25) is 4.79 Å². The third kappa shape index (κ3) is 4.96. The maximum Gasteiger partial charge on any atom is 0.310 e. The minimum Gasteiger partial charge on any atom is -0.497 e. The van der Waals surface area contributed by atoms with Crippen LogP contribution < -0.4 is 4.74 Å². The van der Waals surface area contributed by atoms with Crippen LogP contribution in [0.2, 0.25) is 4.34 Å². The predicted molar refractivity (Wildman–Crippen MR) is 137 cm³/mol. The van der Waals surface area contributed by atoms with Crippen LogP contribution in [-0.4, -0.2) is 33.2 Å². The number of hydrogen-bond acceptors (Lipinski definition) is 6. The van der Waals surface area contributed by atoms with Crippen LogP contribution in [0, 0.1) is 11.2 Å². The molecule has 190 valence electrons. The molecule has 1 N–H and O–H groups in total. The largest absolute Gasteiger partial charge is 0.497 e. The van der Waals surface area contributed by atoms with Gasteiger partial charge in [-0.05, 0) is 56.2 Å². The number of methoxy groups -OCH3 is 1. The van der Waals surface area contributed by atoms with Crippen molar-refractivity contribution in [1.29, 1.82) is 0 Å². The molecule has 0 aliphatic carbocycles. The Kier molecular flexibility index (Phi) is 7.63. The molecule has 0 aliphatic rings. The molecule has 36 heavy (non-hydrogen) atoms. The predicted octanol–water partition coefficient (Wildman–Crippen LogP) is 6.27. The number of benzene rings is 2. The van der Waals surface area contributed by atoms with E-state index in [9.17, 15) is 9.90 Å². The Morgan fingerprint density at radius 1 is 1.22 bits per heavy atom. The zero-order valence-corrected chi connectivity index (χ0v) is 22.0. The van der Waals surface area contributed by atoms with Crippen LogP contribution in [0.4, 0.5) is 4.39 Å². The number of aryl methyl sites for hydroxylation is 1. The molecule has 0 saturated heterocycles. The van der Waals surface area contributed by atoms with E-state index in [1.807, 2.05) is 37.3 Å². The van der Waals surface area contributed by atoms with E-state index in [0.717, 1.165) is 16.9 Å². The molecule has 2 heterocycles. The third-order valence-electron chi connectivity index (χ3n) is 6.29. The van der Waals surface area contributed by atoms with Gasteiger partial charge in [-0.1, -0.05) is 35.0 Å². The molecule has 4 aromatic rings. The van der Waals surface area contributed by atoms with E-state index in [1.54, 1.807) is 37.8 Å². The van der Waals surface area contributed by atoms with Gasteiger partial charge in [0.2, 0.25) is 0 Å². The highest BCUT2D eigenvalue weighted by atomic mass is 35.5. The molecular weight excluding hydrogens is 505 g/mol. The summed E-state index contributed by atoms with van der Waals surface area (Å²) < 4.78 is 28.8. The summed E-state index contributed by atoms with van der Waals surface area (Å²) >= 11 is 7.77. The Morgan fingerprint density at radius 2 is 1.94 bits per heavy atom. The first kappa shape index (κ1) is 26.1. The third-order valence-corrected chi connectivity index (χ3v) is 7.79. The van der Waals surface area contributed by atoms with Crippen molar-refractivity contribution in [3.05, 3.63) is 74.2 Å². The summed E-state index contributed by atoms with van der Waals surface area (Å²) in [4.78, 5) is 12.9. The molecule has 0 fully saturated rings. The number of carboxylic acid groups (broad SMARTS) is 1. The normalized spacial score (nSPS) is 12.7. The van der Waals surface area contributed by atoms with E-state index in [1.165, 1.54) is 11.3 Å². The fourth-order valence-electron chi connectivity index (χ4n) is 4.17. The number of carboxylic acids is 1. The lowest BCUT2D eigenvalue weighted by molar-refractivity contribution is -0.147. The number of halogens is 2. The van der Waals surface area contributed by atoms with Gasteiger partial charge < -0.3 is 14.6 Å². The Bertz CT molecular complexity index is 1380. The Hall–Kier alpha value is -3.01. The molecule has 0 unspecified atom stereocenters. The van der Waals surface area contributed by atoms with Gasteiger partial charge >= 0.3 is 5.97 Å². The van der Waals surface area contributed by atoms with Crippen LogP contribution in [0.3, 0.4) is 0 Å². The monoisotopic (exact) mass is 531 g/mol. The second-order valence-electron chi connectivity index (χ2n) is 8.99. The van der Waals surface area contributed by atoms with E-state index < -0.39 is 23.1 Å². The van der Waals surface area contributed by atoms with Crippen LogP contribution in [-0.2, 0) is 29.3 Å². The summed E-state index contributed by atoms with van der Waals surface area (Å²) in [6.07, 6.45) is 0. The molecule has 0 saturated carbocycles. The van der Waals surface area contributed by atoms with Crippen molar-refractivity contribution in [1.82, 2.24) is 15.0 Å². The van der Waals surface area contributed by atoms with Crippen LogP contribution in [0.15, 0.2) is 42.5 Å². The first-order chi connectivity index (χ1) is 17.2. The van der Waals surface area contributed by atoms with Gasteiger partial charge in [-0.2, -0.15) is 0 Å². The highest BCUT2D eigenvalue weighted by Gasteiger charge is 2.42. The Labute approximate surface area is 217 Å². The lowest BCUT2D eigenvalue weighted by atomic mass is 9.73. The quantitative estimate of drug-likeness (QED) is 0.259. The SMILES string of the molecule is CCn1nnc2c(F)c([C@H](c3cc(COCc4ccc(OC)cc4)c(Cl)s3)C(C)(C)C(=O)O)ccc21. The van der Waals surface area contributed by atoms with Crippen molar-refractivity contribution in [2.24, 2.45) is 5.41 Å². The molecule has 0 bridgehead atoms. The fraction of sp³-hybridized carbons (Fsp3) is 0.346. The van der Waals surface area contributed by atoms with Crippen molar-refractivity contribution >= 4 is 39.9 Å². The molecular formula is C26H27ClFN3O4S. The van der Waals surface area contributed by atoms with Gasteiger partial charge in [0, 0.05) is 22.9 Å². The van der Waals surface area contributed by atoms with Gasteiger partial charge in [-0.15, -0.1) is 16.4 Å². The van der Waals surface area contributed by atoms with Crippen LogP contribution in [0.25, 0.3) is 11.0 Å². The number of carbonyl (C=O) groups is 1. The van der Waals surface area contributed by atoms with Crippen molar-refractivity contribution < 1.29 is 23.8 Å². The summed E-state index contributed by atoms with van der Waals surface area (Å²) in [7, 11) is 1.61. The number of thiophene rings is 1. The summed E-state index contributed by atoms with van der Waals surface area (Å²) in [6.45, 7) is 6.20. The lowest BCUT2D eigenvalue weighted by Crippen LogP contribution is -2.32. The zero-order valence-electron chi connectivity index (χ0n) is 20.4. The zero-order chi connectivity index (χ0) is 26.0. The van der Waals surface area contributed by atoms with Crippen molar-refractivity contribution in [3.8, 4) is 5.75 Å². The maximum absolute atomic E-state index is 15.7. The van der Waals surface area contributed by atoms with Gasteiger partial charge in [0.1, 0.15) is 11.3 Å². The molecule has 2 aromatic heterocycles. The van der Waals surface area contributed by atoms with Gasteiger partial charge in [0.15, 0.2) is 5.82 Å². The van der Waals surface area contributed by atoms with Crippen LogP contribution >= 0.6 is 22.9 Å². The summed E-state index contributed by atoms with van der Waals surface area (Å²) in [5, 5.41) is 18.0. The Morgan fingerprint density at radius 3 is 2.58 bits per heavy atom. The number of nitrogens with zero attached hydrogens (tertiary/aromatic N) is 3. The fourth-order valence-corrected chi connectivity index (χ4v) is 5.74. The van der Waals surface area contributed by atoms with E-state index in [4.69, 9.17) is 21.1 Å². The molecule has 4 rings (SSSR count). The average molecular weight is 532 g/mol. The standard InChI is InChI=1S/C26H27ClFN3O4S/c1-5-31-19-11-10-18(22(28)23(19)29-30-31)21(26(2,3)25(32)33)20-12-16(24(27)36-20)14-35-13-15-6-8-17(34-4)9-7-15/h6-12,21H,5,13-14H2,1-4H3,(H,32,33)/t21-/m1/s1. The molecule has 2 aromatic carbocycles. The topological polar surface area (TPSA) is 86.5 Å². The van der Waals surface area contributed by atoms with Gasteiger partial charge in [-0.25, -0.2) is 9.07 Å². The minimum absolute atomic E-state index is 0.117. The van der Waals surface area contributed by atoms with E-state index >= 15 is 4.39 Å². The van der Waals surface area contributed by atoms with Crippen molar-refractivity contribution in [3.63, 3.8) is 0 Å². The molecule has 1 atom stereocenters. The number of aromatic nitrogens is 3. The number of fused-ring (bicyclic) bond motifs is 1. The number of rotatable bonds is 10. The second-order valence-corrected chi connectivity index (χ2v) is 10.7. The van der Waals surface area contributed by atoms with E-state index in [0.29, 0.717) is 27.9 Å². The Balaban J connectivity index is 1.65. The second kappa shape index (κ2) is 10.5. The van der Waals surface area contributed by atoms with Gasteiger partial charge in [0.25, 0.3) is 0 Å². The maximum atomic E-state index is 15.7. The highest BCUT2D eigenvalue weighted by molar-refractivity contribution is 7.16. The smallest absolute Gasteiger partial charge is 0.310 e. The molecule has 0 spiro atoms. The lowest BCUT2D eigenvalue weighted by Gasteiger charge is -2.30. The molecule has 10 heteroatoms. The average Bonchev–Trinajstić information content (AvgIpc) is 3.44. The molecule has 0 radical (unpaired) electrons. The number of aliphatic carboxylic acids is 1. The summed E-state index contributed by atoms with van der Waals surface area (Å²) in [5.74, 6) is -1.66. The number of hydrogen-bond donors (Lipinski definition) is 1. The van der Waals surface area contributed by atoms with Crippen molar-refractivity contribution in [2.75, 3.05) is 7.11 Å². The first-order valence-electron chi connectivity index (χ1n) is 11.4. The van der Waals surface area contributed by atoms with Crippen LogP contribution in [0.1, 0.15) is 48.3 Å². The highest BCUT2D eigenvalue weighted by Crippen LogP contribution is 2.47. The first-order valence-corrected chi connectivity index (χ1v) is 12.6. The molecule has 7 nitrogen and oxygen atoms in total. The van der Waals surface area contributed by atoms with E-state index in [2.05, 4.69) is 10.3 Å². The summed E-state index contributed by atoms with van der Waals surface area (Å²) in [5.41, 5.74) is 1.28. The minimum atomic E-state index is -1.33. The van der Waals surface area contributed by atoms with E-state index in [-0.39, 0.29) is 17.7 Å². The number of ether oxygens (including phenoxy) is 2. The molecule has 0 amide bonds. The van der Waals surface area contributed by atoms with Crippen molar-refractivity contribution in [2.45, 2.75) is 46.4 Å². The summed E-state index contributed by atoms with van der Waals surface area (Å²) in [6, 6.07) is 12.7. The van der Waals surface area contributed by atoms with Gasteiger partial charge in [0.05, 0.1) is 35.6 Å².